The first-order chi connectivity index (χ1) is 4.86. The Labute approximate surface area is 56.3 Å². The first kappa shape index (κ1) is 5.41. The maximum absolute atomic E-state index is 12.4. The monoisotopic (exact) mass is 137 g/mol. The van der Waals surface area contributed by atoms with Gasteiger partial charge < -0.3 is 4.42 Å². The van der Waals surface area contributed by atoms with Crippen LogP contribution in [0, 0.1) is 5.82 Å². The van der Waals surface area contributed by atoms with Gasteiger partial charge in [0.25, 0.3) is 0 Å². The zero-order valence-corrected chi connectivity index (χ0v) is 5.04. The Morgan fingerprint density at radius 3 is 3.30 bits per heavy atom. The number of nitrogens with zero attached hydrogens (tertiary/aromatic N) is 1. The molecule has 0 aliphatic carbocycles. The van der Waals surface area contributed by atoms with Crippen molar-refractivity contribution in [1.29, 1.82) is 0 Å². The maximum Gasteiger partial charge on any atom is 0.155 e. The molecule has 2 aromatic heterocycles. The van der Waals surface area contributed by atoms with Crippen molar-refractivity contribution >= 4 is 11.1 Å². The Morgan fingerprint density at radius 1 is 1.50 bits per heavy atom. The summed E-state index contributed by atoms with van der Waals surface area (Å²) in [5.41, 5.74) is 1.17. The molecule has 0 unspecified atom stereocenters. The van der Waals surface area contributed by atoms with Gasteiger partial charge >= 0.3 is 0 Å². The van der Waals surface area contributed by atoms with E-state index < -0.39 is 0 Å². The quantitative estimate of drug-likeness (QED) is 0.554. The normalized spacial score (nSPS) is 10.5. The molecule has 2 rings (SSSR count). The minimum Gasteiger partial charge on any atom is -0.463 e. The lowest BCUT2D eigenvalue weighted by Gasteiger charge is -1.85. The molecule has 0 radical (unpaired) electrons. The van der Waals surface area contributed by atoms with Crippen molar-refractivity contribution in [3.63, 3.8) is 0 Å². The van der Waals surface area contributed by atoms with Crippen molar-refractivity contribution < 1.29 is 8.81 Å². The lowest BCUT2D eigenvalue weighted by molar-refractivity contribution is 0.595. The third-order valence-corrected chi connectivity index (χ3v) is 1.27. The number of furan rings is 1. The summed E-state index contributed by atoms with van der Waals surface area (Å²) in [7, 11) is 0. The Bertz CT molecular complexity index is 355. The third kappa shape index (κ3) is 0.673. The second kappa shape index (κ2) is 1.80. The highest BCUT2D eigenvalue weighted by atomic mass is 19.1. The summed E-state index contributed by atoms with van der Waals surface area (Å²) in [6.45, 7) is 0. The van der Waals surface area contributed by atoms with E-state index in [0.29, 0.717) is 11.1 Å². The van der Waals surface area contributed by atoms with Crippen LogP contribution in [-0.2, 0) is 0 Å². The Kier molecular flexibility index (Phi) is 0.974. The first-order valence-corrected chi connectivity index (χ1v) is 2.85. The highest BCUT2D eigenvalue weighted by Crippen LogP contribution is 2.12. The topological polar surface area (TPSA) is 26.0 Å². The zero-order chi connectivity index (χ0) is 6.97. The second-order valence-corrected chi connectivity index (χ2v) is 1.96. The maximum atomic E-state index is 12.4. The molecule has 0 saturated heterocycles. The number of hydrogen-bond donors (Lipinski definition) is 0. The van der Waals surface area contributed by atoms with Crippen molar-refractivity contribution in [3.8, 4) is 0 Å². The molecule has 0 fully saturated rings. The van der Waals surface area contributed by atoms with E-state index in [1.165, 1.54) is 12.3 Å². The molecule has 0 bridgehead atoms. The Hall–Kier alpha value is -1.38. The lowest BCUT2D eigenvalue weighted by atomic mass is 10.4. The zero-order valence-electron chi connectivity index (χ0n) is 5.04. The average molecular weight is 137 g/mol. The van der Waals surface area contributed by atoms with Crippen molar-refractivity contribution in [2.24, 2.45) is 0 Å². The van der Waals surface area contributed by atoms with Gasteiger partial charge in [-0.2, -0.15) is 0 Å². The van der Waals surface area contributed by atoms with E-state index in [4.69, 9.17) is 4.42 Å². The molecule has 50 valence electrons. The van der Waals surface area contributed by atoms with Crippen LogP contribution in [0.2, 0.25) is 0 Å². The molecule has 0 atom stereocenters. The summed E-state index contributed by atoms with van der Waals surface area (Å²) < 4.78 is 17.3. The van der Waals surface area contributed by atoms with Crippen LogP contribution in [0.1, 0.15) is 0 Å². The minimum atomic E-state index is -0.373. The molecule has 3 heteroatoms. The predicted molar refractivity (Wildman–Crippen MR) is 34.0 cm³/mol. The number of pyridine rings is 1. The van der Waals surface area contributed by atoms with Crippen molar-refractivity contribution in [3.05, 3.63) is 30.4 Å². The summed E-state index contributed by atoms with van der Waals surface area (Å²) >= 11 is 0. The highest BCUT2D eigenvalue weighted by Gasteiger charge is 1.97. The largest absolute Gasteiger partial charge is 0.463 e. The van der Waals surface area contributed by atoms with Gasteiger partial charge in [0.15, 0.2) is 5.58 Å². The van der Waals surface area contributed by atoms with E-state index in [1.807, 2.05) is 0 Å². The molecule has 0 N–H and O–H groups in total. The number of rotatable bonds is 0. The van der Waals surface area contributed by atoms with Crippen molar-refractivity contribution in [1.82, 2.24) is 4.98 Å². The Balaban J connectivity index is 2.86. The standard InChI is InChI=1S/C7H4FNO/c8-5-3-7-6(9-4-5)1-2-10-7/h1-4H. The molecule has 2 nitrogen and oxygen atoms in total. The fraction of sp³-hybridized carbons (Fsp3) is 0. The predicted octanol–water partition coefficient (Wildman–Crippen LogP) is 1.97. The number of fused-ring (bicyclic) bond motifs is 1. The molecule has 2 aromatic rings. The lowest BCUT2D eigenvalue weighted by Crippen LogP contribution is -1.75. The molecule has 0 saturated carbocycles. The van der Waals surface area contributed by atoms with E-state index in [2.05, 4.69) is 4.98 Å². The molecular weight excluding hydrogens is 133 g/mol. The summed E-state index contributed by atoms with van der Waals surface area (Å²) in [4.78, 5) is 3.77. The van der Waals surface area contributed by atoms with Crippen LogP contribution in [0.25, 0.3) is 11.1 Å². The van der Waals surface area contributed by atoms with Gasteiger partial charge in [-0.15, -0.1) is 0 Å². The second-order valence-electron chi connectivity index (χ2n) is 1.96. The molecule has 2 heterocycles. The molecular formula is C7H4FNO. The van der Waals surface area contributed by atoms with Gasteiger partial charge in [-0.1, -0.05) is 0 Å². The van der Waals surface area contributed by atoms with Gasteiger partial charge in [-0.25, -0.2) is 9.37 Å². The van der Waals surface area contributed by atoms with Crippen LogP contribution in [0.15, 0.2) is 29.0 Å². The Morgan fingerprint density at radius 2 is 2.40 bits per heavy atom. The molecule has 0 amide bonds. The first-order valence-electron chi connectivity index (χ1n) is 2.85. The molecule has 0 aliphatic rings. The van der Waals surface area contributed by atoms with Crippen LogP contribution in [0.4, 0.5) is 4.39 Å². The van der Waals surface area contributed by atoms with E-state index >= 15 is 0 Å². The van der Waals surface area contributed by atoms with Gasteiger partial charge in [-0.3, -0.25) is 0 Å². The summed E-state index contributed by atoms with van der Waals surface area (Å²) in [5.74, 6) is -0.373. The van der Waals surface area contributed by atoms with Crippen LogP contribution in [-0.4, -0.2) is 4.98 Å². The molecule has 0 aliphatic heterocycles. The van der Waals surface area contributed by atoms with E-state index in [-0.39, 0.29) is 5.82 Å². The summed E-state index contributed by atoms with van der Waals surface area (Å²) in [6.07, 6.45) is 2.65. The van der Waals surface area contributed by atoms with Crippen LogP contribution >= 0.6 is 0 Å². The molecule has 0 spiro atoms. The van der Waals surface area contributed by atoms with Gasteiger partial charge in [-0.05, 0) is 0 Å². The van der Waals surface area contributed by atoms with E-state index in [0.717, 1.165) is 6.20 Å². The minimum absolute atomic E-state index is 0.373. The average Bonchev–Trinajstić information content (AvgIpc) is 2.33. The molecule has 10 heavy (non-hydrogen) atoms. The van der Waals surface area contributed by atoms with Crippen LogP contribution < -0.4 is 0 Å². The fourth-order valence-corrected chi connectivity index (χ4v) is 0.823. The fourth-order valence-electron chi connectivity index (χ4n) is 0.823. The van der Waals surface area contributed by atoms with Crippen molar-refractivity contribution in [2.75, 3.05) is 0 Å². The highest BCUT2D eigenvalue weighted by molar-refractivity contribution is 5.71. The molecule has 0 aromatic carbocycles. The van der Waals surface area contributed by atoms with E-state index in [1.54, 1.807) is 6.07 Å². The van der Waals surface area contributed by atoms with Gasteiger partial charge in [0.1, 0.15) is 11.3 Å². The number of hydrogen-bond acceptors (Lipinski definition) is 2. The summed E-state index contributed by atoms with van der Waals surface area (Å²) in [6, 6.07) is 3.00. The SMILES string of the molecule is Fc1cnc2ccoc2c1. The van der Waals surface area contributed by atoms with Gasteiger partial charge in [0, 0.05) is 12.1 Å². The van der Waals surface area contributed by atoms with Crippen molar-refractivity contribution in [2.45, 2.75) is 0 Å². The smallest absolute Gasteiger partial charge is 0.155 e. The van der Waals surface area contributed by atoms with Crippen LogP contribution in [0.5, 0.6) is 0 Å². The third-order valence-electron chi connectivity index (χ3n) is 1.27. The number of halogens is 1. The van der Waals surface area contributed by atoms with E-state index in [9.17, 15) is 4.39 Å². The summed E-state index contributed by atoms with van der Waals surface area (Å²) in [5, 5.41) is 0. The van der Waals surface area contributed by atoms with Crippen LogP contribution in [0.3, 0.4) is 0 Å². The number of aromatic nitrogens is 1. The van der Waals surface area contributed by atoms with Gasteiger partial charge in [0.05, 0.1) is 12.5 Å². The van der Waals surface area contributed by atoms with Gasteiger partial charge in [0.2, 0.25) is 0 Å².